The lowest BCUT2D eigenvalue weighted by atomic mass is 9.80. The molecular weight excluding hydrogens is 1970 g/mol. The van der Waals surface area contributed by atoms with Crippen molar-refractivity contribution in [1.82, 2.24) is 0 Å². The fourth-order valence-corrected chi connectivity index (χ4v) is 25.8. The summed E-state index contributed by atoms with van der Waals surface area (Å²) in [5, 5.41) is 15.4. The van der Waals surface area contributed by atoms with Crippen molar-refractivity contribution in [3.8, 4) is 40.2 Å². The first-order valence-electron chi connectivity index (χ1n) is 49.1. The first-order valence-corrected chi connectivity index (χ1v) is 56.1. The van der Waals surface area contributed by atoms with Crippen molar-refractivity contribution in [2.45, 2.75) is 195 Å². The van der Waals surface area contributed by atoms with E-state index in [1.54, 1.807) is 49.8 Å². The van der Waals surface area contributed by atoms with E-state index in [1.807, 2.05) is 195 Å². The SMILES string of the molecule is COc1c(C)cc(C(C)(C)C)cc1Pc1ccc(C)cc1C=O.COc1c(C)cc(C)cc1Pc1ccc(C)cc1C=O.COc1c(C)cccc1Pc1ccc(C)cc1C=O.COc1c(Pc2ccc(C)cc2C=O)cc(C(C)(C)C)cc1C(C)(C)C.COc1c(Pc2ccc(C)cc2C=O)cc(C)cc1C(C)(C)C.COc1ccc(C)cc1Pc1ccc(C)cc1C=O.COc1ccccc1Pc1ccc(C)cc1C=O. The molecule has 14 nitrogen and oxygen atoms in total. The Morgan fingerprint density at radius 3 is 0.750 bits per heavy atom. The molecule has 0 aromatic heterocycles. The minimum Gasteiger partial charge on any atom is -0.496 e. The van der Waals surface area contributed by atoms with Crippen LogP contribution in [0.2, 0.25) is 0 Å². The minimum atomic E-state index is -0.0212. The molecule has 0 amide bonds. The van der Waals surface area contributed by atoms with E-state index in [4.69, 9.17) is 33.2 Å². The predicted molar refractivity (Wildman–Crippen MR) is 643 cm³/mol. The fourth-order valence-electron chi connectivity index (χ4n) is 16.4. The number of aldehydes is 7. The number of hydrogen-bond donors (Lipinski definition) is 0. The molecule has 7 unspecified atom stereocenters. The smallest absolute Gasteiger partial charge is 0.150 e. The number of aryl methyl sites for hydroxylation is 13. The number of carbonyl (C=O) groups is 7. The fraction of sp³-hybridized carbons (Fsp3) is 0.283. The van der Waals surface area contributed by atoms with Crippen LogP contribution in [0.1, 0.15) is 250 Å². The van der Waals surface area contributed by atoms with Gasteiger partial charge >= 0.3 is 0 Å². The van der Waals surface area contributed by atoms with Crippen LogP contribution in [0.15, 0.2) is 237 Å². The second-order valence-corrected chi connectivity index (χ2v) is 50.2. The molecule has 0 radical (unpaired) electrons. The van der Waals surface area contributed by atoms with Gasteiger partial charge in [0.2, 0.25) is 0 Å². The summed E-state index contributed by atoms with van der Waals surface area (Å²) in [5.41, 5.74) is 25.2. The van der Waals surface area contributed by atoms with Gasteiger partial charge in [-0.15, -0.1) is 0 Å². The van der Waals surface area contributed by atoms with E-state index in [1.165, 1.54) is 38.9 Å². The zero-order valence-corrected chi connectivity index (χ0v) is 99.3. The monoisotopic (exact) mass is 2110 g/mol. The predicted octanol–water partition coefficient (Wildman–Crippen LogP) is 24.2. The average Bonchev–Trinajstić information content (AvgIpc) is 1.65. The van der Waals surface area contributed by atoms with Crippen LogP contribution < -0.4 is 107 Å². The third-order valence-corrected chi connectivity index (χ3v) is 33.9. The Kier molecular flexibility index (Phi) is 46.7. The first kappa shape index (κ1) is 122. The summed E-state index contributed by atoms with van der Waals surface area (Å²) < 4.78 is 38.9. The lowest BCUT2D eigenvalue weighted by molar-refractivity contribution is 0.111. The van der Waals surface area contributed by atoms with Gasteiger partial charge in [-0.05, 0) is 273 Å². The highest BCUT2D eigenvalue weighted by Gasteiger charge is 2.29. The van der Waals surface area contributed by atoms with Gasteiger partial charge in [0.1, 0.15) is 40.2 Å². The van der Waals surface area contributed by atoms with Crippen molar-refractivity contribution in [3.05, 3.63) is 370 Å². The van der Waals surface area contributed by atoms with Crippen LogP contribution in [0.25, 0.3) is 0 Å². The molecule has 0 spiro atoms. The molecule has 7 atom stereocenters. The summed E-state index contributed by atoms with van der Waals surface area (Å²) in [6.45, 7) is 53.0. The maximum Gasteiger partial charge on any atom is 0.150 e. The molecule has 14 aromatic carbocycles. The molecule has 0 fully saturated rings. The number of ether oxygens (including phenoxy) is 7. The number of para-hydroxylation sites is 2. The molecule has 776 valence electrons. The largest absolute Gasteiger partial charge is 0.496 e. The molecule has 148 heavy (non-hydrogen) atoms. The molecule has 0 aliphatic rings. The highest BCUT2D eigenvalue weighted by molar-refractivity contribution is 7.58. The van der Waals surface area contributed by atoms with Gasteiger partial charge in [-0.25, -0.2) is 0 Å². The number of hydrogen-bond acceptors (Lipinski definition) is 14. The molecule has 0 saturated carbocycles. The van der Waals surface area contributed by atoms with Gasteiger partial charge < -0.3 is 33.2 Å². The molecule has 14 aromatic rings. The summed E-state index contributed by atoms with van der Waals surface area (Å²) >= 11 is 0. The van der Waals surface area contributed by atoms with Gasteiger partial charge in [0.15, 0.2) is 44.0 Å². The maximum absolute atomic E-state index is 11.5. The van der Waals surface area contributed by atoms with Crippen molar-refractivity contribution in [3.63, 3.8) is 0 Å². The summed E-state index contributed by atoms with van der Waals surface area (Å²) in [4.78, 5) is 79.0. The van der Waals surface area contributed by atoms with Crippen LogP contribution in [0.3, 0.4) is 0 Å². The van der Waals surface area contributed by atoms with Gasteiger partial charge in [-0.3, -0.25) is 33.6 Å². The summed E-state index contributed by atoms with van der Waals surface area (Å²) in [5.74, 6) is 6.40. The average molecular weight is 2120 g/mol. The Morgan fingerprint density at radius 1 is 0.182 bits per heavy atom. The zero-order valence-electron chi connectivity index (χ0n) is 92.3. The maximum atomic E-state index is 11.5. The van der Waals surface area contributed by atoms with E-state index in [0.717, 1.165) is 253 Å². The van der Waals surface area contributed by atoms with Crippen LogP contribution in [-0.2, 0) is 21.7 Å². The van der Waals surface area contributed by atoms with E-state index < -0.39 is 0 Å². The van der Waals surface area contributed by atoms with Crippen LogP contribution in [0.4, 0.5) is 0 Å². The van der Waals surface area contributed by atoms with Crippen molar-refractivity contribution < 1.29 is 66.7 Å². The Balaban J connectivity index is 0.000000211. The number of benzene rings is 14. The van der Waals surface area contributed by atoms with Crippen molar-refractivity contribution in [2.24, 2.45) is 0 Å². The highest BCUT2D eigenvalue weighted by Crippen LogP contribution is 2.40. The van der Waals surface area contributed by atoms with Crippen LogP contribution in [-0.4, -0.2) is 93.8 Å². The van der Waals surface area contributed by atoms with Crippen LogP contribution in [0, 0.1) is 90.0 Å². The Morgan fingerprint density at radius 2 is 0.426 bits per heavy atom. The van der Waals surface area contributed by atoms with E-state index in [0.29, 0.717) is 60.1 Å². The molecule has 0 bridgehead atoms. The topological polar surface area (TPSA) is 184 Å². The molecule has 21 heteroatoms. The van der Waals surface area contributed by atoms with E-state index in [-0.39, 0.29) is 21.7 Å². The first-order chi connectivity index (χ1) is 70.1. The zero-order chi connectivity index (χ0) is 109. The van der Waals surface area contributed by atoms with Gasteiger partial charge in [-0.2, -0.15) is 0 Å². The van der Waals surface area contributed by atoms with Crippen LogP contribution in [0.5, 0.6) is 40.2 Å². The molecule has 14 rings (SSSR count). The molecule has 0 aliphatic heterocycles. The second kappa shape index (κ2) is 56.8. The molecule has 0 aliphatic carbocycles. The van der Waals surface area contributed by atoms with Gasteiger partial charge in [0.05, 0.1) is 49.8 Å². The Hall–Kier alpha value is -11.6. The Bertz CT molecular complexity index is 6890. The van der Waals surface area contributed by atoms with Crippen LogP contribution >= 0.6 is 60.1 Å². The molecule has 0 N–H and O–H groups in total. The van der Waals surface area contributed by atoms with E-state index in [2.05, 4.69) is 215 Å². The van der Waals surface area contributed by atoms with E-state index >= 15 is 0 Å². The lowest BCUT2D eigenvalue weighted by Gasteiger charge is -2.29. The molecule has 0 heterocycles. The number of rotatable bonds is 28. The standard InChI is InChI=1S/C23H31O2P.2C20H25O2P.C17H19O2P.2C16H17O2P.C15H15O2P/c1-15-9-10-19(16(11-15)14-24)26-20-13-17(22(2,3)4)12-18(21(20)25-8)23(5,6)7;1-13-7-8-17(15(9-13)12-21)23-18-11-16(20(3,4)5)10-14(2)19(18)22-6;1-13-7-8-17(15(9-13)12-21)23-18-11-14(2)10-16(19(18)22-6)20(3,4)5;1-11-5-6-15(14(8-11)10-18)20-16-9-12(2)7-13(3)17(16)19-4;1-11-5-7-15(13(8-11)10-17)19-16-9-12(2)4-6-14(16)18-3;1-11-7-8-14(13(9-11)10-17)19-15-6-4-5-12(2)16(15)18-3;1-11-7-8-14(12(9-11)10-16)18-15-6-4-3-5-13(15)17-2/h9-14,26H,1-8H3;2*7-12,23H,1-6H3;5-10,20H,1-4H3;2*4-10,19H,1-3H3;3-10,18H,1-2H3. The van der Waals surface area contributed by atoms with Gasteiger partial charge in [0, 0.05) is 87.2 Å². The summed E-state index contributed by atoms with van der Waals surface area (Å²) in [6, 6.07) is 79.9. The third kappa shape index (κ3) is 35.0. The molecular formula is C127H149O14P7. The number of methoxy groups -OCH3 is 7. The normalized spacial score (nSPS) is 11.5. The minimum absolute atomic E-state index is 0.0113. The summed E-state index contributed by atoms with van der Waals surface area (Å²) in [6.07, 6.45) is 6.56. The second-order valence-electron chi connectivity index (χ2n) is 40.9. The van der Waals surface area contributed by atoms with Crippen molar-refractivity contribution >= 4 is 178 Å². The van der Waals surface area contributed by atoms with Gasteiger partial charge in [-0.1, -0.05) is 339 Å². The number of carbonyl (C=O) groups excluding carboxylic acids is 7. The van der Waals surface area contributed by atoms with Crippen molar-refractivity contribution in [1.29, 1.82) is 0 Å². The summed E-state index contributed by atoms with van der Waals surface area (Å²) in [7, 11) is 14.8. The van der Waals surface area contributed by atoms with E-state index in [9.17, 15) is 33.6 Å². The lowest BCUT2D eigenvalue weighted by Crippen LogP contribution is -2.22. The quantitative estimate of drug-likeness (QED) is 0.0333. The Labute approximate surface area is 893 Å². The third-order valence-electron chi connectivity index (χ3n) is 24.3. The van der Waals surface area contributed by atoms with Gasteiger partial charge in [0.25, 0.3) is 0 Å². The molecule has 0 saturated heterocycles. The highest BCUT2D eigenvalue weighted by atomic mass is 31.1. The van der Waals surface area contributed by atoms with Crippen molar-refractivity contribution in [2.75, 3.05) is 49.8 Å².